The molecular formula is C11H13N5S2. The first kappa shape index (κ1) is 11.7. The van der Waals surface area contributed by atoms with Crippen molar-refractivity contribution in [2.75, 3.05) is 0 Å². The van der Waals surface area contributed by atoms with Gasteiger partial charge in [-0.3, -0.25) is 5.43 Å². The Morgan fingerprint density at radius 3 is 3.11 bits per heavy atom. The third-order valence-electron chi connectivity index (χ3n) is 3.34. The lowest BCUT2D eigenvalue weighted by molar-refractivity contribution is 0.521. The van der Waals surface area contributed by atoms with Gasteiger partial charge in [0.15, 0.2) is 5.11 Å². The van der Waals surface area contributed by atoms with Crippen molar-refractivity contribution < 1.29 is 0 Å². The van der Waals surface area contributed by atoms with Gasteiger partial charge in [0.1, 0.15) is 5.69 Å². The normalized spacial score (nSPS) is 29.0. The van der Waals surface area contributed by atoms with Gasteiger partial charge in [0.05, 0.1) is 6.21 Å². The van der Waals surface area contributed by atoms with Crippen molar-refractivity contribution in [2.24, 2.45) is 16.9 Å². The van der Waals surface area contributed by atoms with Crippen LogP contribution in [0.2, 0.25) is 0 Å². The van der Waals surface area contributed by atoms with Crippen molar-refractivity contribution in [1.82, 2.24) is 20.3 Å². The molecule has 1 saturated carbocycles. The second kappa shape index (κ2) is 5.11. The SMILES string of the molecule is S=C(N/N=C/c1csnn1)NC1CC2C=CC1C2. The highest BCUT2D eigenvalue weighted by Gasteiger charge is 2.35. The summed E-state index contributed by atoms with van der Waals surface area (Å²) in [6.45, 7) is 0. The van der Waals surface area contributed by atoms with Crippen molar-refractivity contribution in [1.29, 1.82) is 0 Å². The van der Waals surface area contributed by atoms with Crippen LogP contribution in [0, 0.1) is 11.8 Å². The topological polar surface area (TPSA) is 62.2 Å². The molecule has 0 aromatic carbocycles. The van der Waals surface area contributed by atoms with Crippen LogP contribution in [0.5, 0.6) is 0 Å². The van der Waals surface area contributed by atoms with E-state index in [4.69, 9.17) is 12.2 Å². The van der Waals surface area contributed by atoms with E-state index in [-0.39, 0.29) is 0 Å². The van der Waals surface area contributed by atoms with Gasteiger partial charge in [0, 0.05) is 11.4 Å². The number of hydrazone groups is 1. The molecule has 94 valence electrons. The maximum absolute atomic E-state index is 5.21. The van der Waals surface area contributed by atoms with Crippen LogP contribution in [0.3, 0.4) is 0 Å². The molecule has 2 bridgehead atoms. The summed E-state index contributed by atoms with van der Waals surface area (Å²) < 4.78 is 3.75. The number of nitrogens with zero attached hydrogens (tertiary/aromatic N) is 3. The van der Waals surface area contributed by atoms with Crippen LogP contribution in [0.25, 0.3) is 0 Å². The van der Waals surface area contributed by atoms with Crippen LogP contribution in [-0.4, -0.2) is 27.0 Å². The van der Waals surface area contributed by atoms with Crippen LogP contribution in [-0.2, 0) is 0 Å². The lowest BCUT2D eigenvalue weighted by Crippen LogP contribution is -2.42. The van der Waals surface area contributed by atoms with Gasteiger partial charge in [-0.15, -0.1) is 5.10 Å². The summed E-state index contributed by atoms with van der Waals surface area (Å²) in [6, 6.07) is 0.455. The van der Waals surface area contributed by atoms with E-state index in [1.54, 1.807) is 6.21 Å². The van der Waals surface area contributed by atoms with Gasteiger partial charge >= 0.3 is 0 Å². The fourth-order valence-electron chi connectivity index (χ4n) is 2.53. The Morgan fingerprint density at radius 1 is 1.50 bits per heavy atom. The number of fused-ring (bicyclic) bond motifs is 2. The maximum Gasteiger partial charge on any atom is 0.187 e. The van der Waals surface area contributed by atoms with E-state index in [2.05, 4.69) is 37.6 Å². The number of nitrogens with one attached hydrogen (secondary N) is 2. The number of hydrogen-bond acceptors (Lipinski definition) is 5. The predicted octanol–water partition coefficient (Wildman–Crippen LogP) is 1.30. The predicted molar refractivity (Wildman–Crippen MR) is 75.5 cm³/mol. The Labute approximate surface area is 115 Å². The van der Waals surface area contributed by atoms with Crippen molar-refractivity contribution in [2.45, 2.75) is 18.9 Å². The molecule has 0 aliphatic heterocycles. The molecular weight excluding hydrogens is 266 g/mol. The number of thiocarbonyl (C=S) groups is 1. The van der Waals surface area contributed by atoms with E-state index in [1.165, 1.54) is 24.4 Å². The summed E-state index contributed by atoms with van der Waals surface area (Å²) in [5.74, 6) is 1.36. The zero-order valence-corrected chi connectivity index (χ0v) is 11.2. The van der Waals surface area contributed by atoms with E-state index in [0.29, 0.717) is 17.1 Å². The number of allylic oxidation sites excluding steroid dienone is 1. The largest absolute Gasteiger partial charge is 0.358 e. The van der Waals surface area contributed by atoms with E-state index in [9.17, 15) is 0 Å². The minimum Gasteiger partial charge on any atom is -0.358 e. The average Bonchev–Trinajstić information content (AvgIpc) is 3.04. The molecule has 2 aliphatic rings. The molecule has 1 heterocycles. The van der Waals surface area contributed by atoms with Crippen molar-refractivity contribution in [3.8, 4) is 0 Å². The molecule has 0 saturated heterocycles. The molecule has 18 heavy (non-hydrogen) atoms. The van der Waals surface area contributed by atoms with Crippen molar-refractivity contribution in [3.05, 3.63) is 23.2 Å². The second-order valence-corrected chi connectivity index (χ2v) is 5.58. The monoisotopic (exact) mass is 279 g/mol. The van der Waals surface area contributed by atoms with Crippen LogP contribution < -0.4 is 10.7 Å². The molecule has 1 fully saturated rings. The Bertz CT molecular complexity index is 482. The van der Waals surface area contributed by atoms with E-state index in [1.807, 2.05) is 5.38 Å². The Hall–Kier alpha value is -1.34. The first-order chi connectivity index (χ1) is 8.81. The van der Waals surface area contributed by atoms with Gasteiger partial charge in [-0.05, 0) is 48.4 Å². The highest BCUT2D eigenvalue weighted by Crippen LogP contribution is 2.38. The summed E-state index contributed by atoms with van der Waals surface area (Å²) in [7, 11) is 0. The van der Waals surface area contributed by atoms with Gasteiger partial charge in [-0.1, -0.05) is 16.6 Å². The van der Waals surface area contributed by atoms with Crippen LogP contribution >= 0.6 is 23.8 Å². The van der Waals surface area contributed by atoms with Gasteiger partial charge in [-0.2, -0.15) is 5.10 Å². The van der Waals surface area contributed by atoms with Crippen LogP contribution in [0.15, 0.2) is 22.6 Å². The molecule has 3 atom stereocenters. The van der Waals surface area contributed by atoms with Crippen LogP contribution in [0.4, 0.5) is 0 Å². The number of hydrogen-bond donors (Lipinski definition) is 2. The molecule has 1 aromatic rings. The molecule has 5 nitrogen and oxygen atoms in total. The molecule has 0 spiro atoms. The molecule has 2 N–H and O–H groups in total. The van der Waals surface area contributed by atoms with Crippen LogP contribution in [0.1, 0.15) is 18.5 Å². The highest BCUT2D eigenvalue weighted by atomic mass is 32.1. The van der Waals surface area contributed by atoms with E-state index < -0.39 is 0 Å². The molecule has 2 aliphatic carbocycles. The van der Waals surface area contributed by atoms with Gasteiger partial charge < -0.3 is 5.32 Å². The summed E-state index contributed by atoms with van der Waals surface area (Å²) in [6.07, 6.45) is 8.64. The first-order valence-corrected chi connectivity index (χ1v) is 7.10. The summed E-state index contributed by atoms with van der Waals surface area (Å²) in [5, 5.41) is 13.6. The van der Waals surface area contributed by atoms with Crippen molar-refractivity contribution >= 4 is 35.1 Å². The highest BCUT2D eigenvalue weighted by molar-refractivity contribution is 7.80. The molecule has 0 radical (unpaired) electrons. The lowest BCUT2D eigenvalue weighted by Gasteiger charge is -2.20. The molecule has 3 rings (SSSR count). The fraction of sp³-hybridized carbons (Fsp3) is 0.455. The summed E-state index contributed by atoms with van der Waals surface area (Å²) in [4.78, 5) is 0. The maximum atomic E-state index is 5.21. The first-order valence-electron chi connectivity index (χ1n) is 5.86. The zero-order chi connectivity index (χ0) is 12.4. The quantitative estimate of drug-likeness (QED) is 0.378. The fourth-order valence-corrected chi connectivity index (χ4v) is 3.14. The van der Waals surface area contributed by atoms with Gasteiger partial charge in [0.2, 0.25) is 0 Å². The Kier molecular flexibility index (Phi) is 3.33. The molecule has 1 aromatic heterocycles. The zero-order valence-electron chi connectivity index (χ0n) is 9.61. The third-order valence-corrected chi connectivity index (χ3v) is 4.07. The van der Waals surface area contributed by atoms with Gasteiger partial charge in [-0.25, -0.2) is 0 Å². The minimum absolute atomic E-state index is 0.455. The minimum atomic E-state index is 0.455. The van der Waals surface area contributed by atoms with E-state index in [0.717, 1.165) is 11.6 Å². The Balaban J connectivity index is 1.46. The summed E-state index contributed by atoms with van der Waals surface area (Å²) >= 11 is 6.50. The Morgan fingerprint density at radius 2 is 2.44 bits per heavy atom. The summed E-state index contributed by atoms with van der Waals surface area (Å²) in [5.41, 5.74) is 3.54. The van der Waals surface area contributed by atoms with Crippen molar-refractivity contribution in [3.63, 3.8) is 0 Å². The van der Waals surface area contributed by atoms with Gasteiger partial charge in [0.25, 0.3) is 0 Å². The molecule has 3 unspecified atom stereocenters. The average molecular weight is 279 g/mol. The third kappa shape index (κ3) is 2.56. The second-order valence-electron chi connectivity index (χ2n) is 4.56. The molecule has 7 heteroatoms. The molecule has 0 amide bonds. The standard InChI is InChI=1S/C11H13N5S2/c17-11(15-12-5-9-6-18-16-14-9)13-10-4-7-1-2-8(10)3-7/h1-2,5-8,10H,3-4H2,(H2,13,15,17)/b12-5+. The lowest BCUT2D eigenvalue weighted by atomic mass is 10.0. The number of rotatable bonds is 3. The van der Waals surface area contributed by atoms with E-state index >= 15 is 0 Å². The number of aromatic nitrogens is 2. The smallest absolute Gasteiger partial charge is 0.187 e.